The largest absolute Gasteiger partial charge is 0.377 e. The van der Waals surface area contributed by atoms with Crippen molar-refractivity contribution < 1.29 is 4.74 Å². The lowest BCUT2D eigenvalue weighted by Crippen LogP contribution is -2.41. The second-order valence-corrected chi connectivity index (χ2v) is 6.30. The summed E-state index contributed by atoms with van der Waals surface area (Å²) in [5.41, 5.74) is 2.98. The number of thioether (sulfide) groups is 1. The van der Waals surface area contributed by atoms with Crippen molar-refractivity contribution in [3.63, 3.8) is 0 Å². The van der Waals surface area contributed by atoms with Gasteiger partial charge in [0.15, 0.2) is 0 Å². The lowest BCUT2D eigenvalue weighted by atomic mass is 10.00. The molecule has 3 rings (SSSR count). The summed E-state index contributed by atoms with van der Waals surface area (Å²) in [5, 5.41) is 3.77. The predicted molar refractivity (Wildman–Crippen MR) is 76.9 cm³/mol. The molecule has 2 aliphatic rings. The van der Waals surface area contributed by atoms with Crippen molar-refractivity contribution in [2.45, 2.75) is 43.7 Å². The Bertz CT molecular complexity index is 403. The maximum atomic E-state index is 5.77. The molecule has 0 spiro atoms. The van der Waals surface area contributed by atoms with Crippen LogP contribution >= 0.6 is 11.8 Å². The van der Waals surface area contributed by atoms with Gasteiger partial charge in [-0.2, -0.15) is 11.8 Å². The molecule has 0 amide bonds. The normalized spacial score (nSPS) is 28.9. The topological polar surface area (TPSA) is 21.3 Å². The Labute approximate surface area is 113 Å². The van der Waals surface area contributed by atoms with E-state index in [0.29, 0.717) is 18.2 Å². The minimum absolute atomic E-state index is 0.407. The summed E-state index contributed by atoms with van der Waals surface area (Å²) in [4.78, 5) is 0. The van der Waals surface area contributed by atoms with Crippen LogP contribution in [0.3, 0.4) is 0 Å². The van der Waals surface area contributed by atoms with E-state index in [1.165, 1.54) is 29.7 Å². The van der Waals surface area contributed by atoms with Gasteiger partial charge in [-0.25, -0.2) is 0 Å². The first-order chi connectivity index (χ1) is 8.84. The van der Waals surface area contributed by atoms with Gasteiger partial charge in [-0.1, -0.05) is 24.3 Å². The monoisotopic (exact) mass is 263 g/mol. The Morgan fingerprint density at radius 1 is 1.39 bits per heavy atom. The zero-order valence-corrected chi connectivity index (χ0v) is 11.7. The van der Waals surface area contributed by atoms with Crippen molar-refractivity contribution in [3.8, 4) is 0 Å². The Morgan fingerprint density at radius 2 is 2.28 bits per heavy atom. The molecule has 1 fully saturated rings. The first-order valence-corrected chi connectivity index (χ1v) is 8.03. The van der Waals surface area contributed by atoms with Crippen LogP contribution in [0.4, 0.5) is 0 Å². The fourth-order valence-electron chi connectivity index (χ4n) is 2.94. The minimum atomic E-state index is 0.407. The summed E-state index contributed by atoms with van der Waals surface area (Å²) in [6, 6.07) is 9.76. The van der Waals surface area contributed by atoms with Gasteiger partial charge in [-0.05, 0) is 30.9 Å². The van der Waals surface area contributed by atoms with Crippen LogP contribution in [0.25, 0.3) is 0 Å². The van der Waals surface area contributed by atoms with Crippen LogP contribution in [0.15, 0.2) is 24.3 Å². The third-order valence-corrected chi connectivity index (χ3v) is 5.04. The second-order valence-electron chi connectivity index (χ2n) is 5.27. The molecule has 0 aliphatic carbocycles. The average Bonchev–Trinajstić information content (AvgIpc) is 2.93. The van der Waals surface area contributed by atoms with Crippen LogP contribution in [0.2, 0.25) is 0 Å². The van der Waals surface area contributed by atoms with Crippen LogP contribution in [0, 0.1) is 0 Å². The molecule has 3 atom stereocenters. The maximum Gasteiger partial charge on any atom is 0.0726 e. The van der Waals surface area contributed by atoms with E-state index in [1.807, 2.05) is 11.8 Å². The number of benzene rings is 1. The molecule has 98 valence electrons. The van der Waals surface area contributed by atoms with Gasteiger partial charge in [0.1, 0.15) is 0 Å². The molecule has 0 saturated carbocycles. The van der Waals surface area contributed by atoms with Crippen molar-refractivity contribution in [3.05, 3.63) is 35.4 Å². The molecular formula is C15H21NOS. The number of ether oxygens (including phenoxy) is 1. The van der Waals surface area contributed by atoms with E-state index in [2.05, 4.69) is 36.5 Å². The molecule has 3 unspecified atom stereocenters. The van der Waals surface area contributed by atoms with Crippen molar-refractivity contribution in [2.75, 3.05) is 12.4 Å². The SMILES string of the molecule is CC(NC1CSCc2ccccc21)C1CCCO1. The Kier molecular flexibility index (Phi) is 3.92. The molecule has 2 aliphatic heterocycles. The smallest absolute Gasteiger partial charge is 0.0726 e. The van der Waals surface area contributed by atoms with E-state index in [9.17, 15) is 0 Å². The lowest BCUT2D eigenvalue weighted by Gasteiger charge is -2.31. The molecule has 1 saturated heterocycles. The van der Waals surface area contributed by atoms with Crippen LogP contribution in [-0.4, -0.2) is 24.5 Å². The zero-order chi connectivity index (χ0) is 12.4. The molecule has 2 heterocycles. The van der Waals surface area contributed by atoms with Gasteiger partial charge in [-0.15, -0.1) is 0 Å². The average molecular weight is 263 g/mol. The summed E-state index contributed by atoms with van der Waals surface area (Å²) in [6.45, 7) is 3.20. The number of nitrogens with one attached hydrogen (secondary N) is 1. The highest BCUT2D eigenvalue weighted by atomic mass is 32.2. The fraction of sp³-hybridized carbons (Fsp3) is 0.600. The van der Waals surface area contributed by atoms with Crippen molar-refractivity contribution in [2.24, 2.45) is 0 Å². The molecule has 3 heteroatoms. The summed E-state index contributed by atoms with van der Waals surface area (Å²) in [5.74, 6) is 2.33. The molecule has 0 radical (unpaired) electrons. The van der Waals surface area contributed by atoms with Crippen molar-refractivity contribution in [1.29, 1.82) is 0 Å². The summed E-state index contributed by atoms with van der Waals surface area (Å²) in [6.07, 6.45) is 2.83. The summed E-state index contributed by atoms with van der Waals surface area (Å²) in [7, 11) is 0. The van der Waals surface area contributed by atoms with Crippen molar-refractivity contribution >= 4 is 11.8 Å². The van der Waals surface area contributed by atoms with E-state index >= 15 is 0 Å². The van der Waals surface area contributed by atoms with E-state index < -0.39 is 0 Å². The van der Waals surface area contributed by atoms with Gasteiger partial charge in [0.05, 0.1) is 6.10 Å². The van der Waals surface area contributed by atoms with Gasteiger partial charge >= 0.3 is 0 Å². The maximum absolute atomic E-state index is 5.77. The van der Waals surface area contributed by atoms with Crippen LogP contribution in [-0.2, 0) is 10.5 Å². The van der Waals surface area contributed by atoms with E-state index in [1.54, 1.807) is 0 Å². The van der Waals surface area contributed by atoms with Gasteiger partial charge in [-0.3, -0.25) is 0 Å². The molecular weight excluding hydrogens is 242 g/mol. The molecule has 0 aromatic heterocycles. The number of rotatable bonds is 3. The first kappa shape index (κ1) is 12.5. The highest BCUT2D eigenvalue weighted by Crippen LogP contribution is 2.32. The van der Waals surface area contributed by atoms with Gasteiger partial charge < -0.3 is 10.1 Å². The standard InChI is InChI=1S/C15H21NOS/c1-11(15-7-4-8-17-15)16-14-10-18-9-12-5-2-3-6-13(12)14/h2-3,5-6,11,14-16H,4,7-10H2,1H3. The van der Waals surface area contributed by atoms with Gasteiger partial charge in [0, 0.05) is 30.2 Å². The lowest BCUT2D eigenvalue weighted by molar-refractivity contribution is 0.0805. The number of hydrogen-bond donors (Lipinski definition) is 1. The van der Waals surface area contributed by atoms with Crippen LogP contribution in [0.5, 0.6) is 0 Å². The Morgan fingerprint density at radius 3 is 3.11 bits per heavy atom. The third-order valence-electron chi connectivity index (χ3n) is 3.96. The highest BCUT2D eigenvalue weighted by Gasteiger charge is 2.27. The number of hydrogen-bond acceptors (Lipinski definition) is 3. The summed E-state index contributed by atoms with van der Waals surface area (Å²) < 4.78 is 5.77. The van der Waals surface area contributed by atoms with E-state index in [0.717, 1.165) is 12.4 Å². The molecule has 1 aromatic carbocycles. The molecule has 0 bridgehead atoms. The van der Waals surface area contributed by atoms with Crippen molar-refractivity contribution in [1.82, 2.24) is 5.32 Å². The van der Waals surface area contributed by atoms with Gasteiger partial charge in [0.2, 0.25) is 0 Å². The third kappa shape index (κ3) is 2.58. The first-order valence-electron chi connectivity index (χ1n) is 6.88. The minimum Gasteiger partial charge on any atom is -0.377 e. The Hall–Kier alpha value is -0.510. The number of fused-ring (bicyclic) bond motifs is 1. The van der Waals surface area contributed by atoms with E-state index in [4.69, 9.17) is 4.74 Å². The molecule has 2 nitrogen and oxygen atoms in total. The van der Waals surface area contributed by atoms with Crippen LogP contribution in [0.1, 0.15) is 36.9 Å². The second kappa shape index (κ2) is 5.64. The molecule has 18 heavy (non-hydrogen) atoms. The molecule has 1 N–H and O–H groups in total. The van der Waals surface area contributed by atoms with E-state index in [-0.39, 0.29) is 0 Å². The molecule has 1 aromatic rings. The zero-order valence-electron chi connectivity index (χ0n) is 10.9. The predicted octanol–water partition coefficient (Wildman–Crippen LogP) is 3.13. The fourth-order valence-corrected chi connectivity index (χ4v) is 4.05. The van der Waals surface area contributed by atoms with Gasteiger partial charge in [0.25, 0.3) is 0 Å². The quantitative estimate of drug-likeness (QED) is 0.905. The summed E-state index contributed by atoms with van der Waals surface area (Å²) >= 11 is 2.03. The van der Waals surface area contributed by atoms with Crippen LogP contribution < -0.4 is 5.32 Å². The Balaban J connectivity index is 1.70. The highest BCUT2D eigenvalue weighted by molar-refractivity contribution is 7.98.